The molecule has 3 nitrogen and oxygen atoms in total. The Bertz CT molecular complexity index is 561. The van der Waals surface area contributed by atoms with E-state index in [1.54, 1.807) is 17.0 Å². The summed E-state index contributed by atoms with van der Waals surface area (Å²) < 4.78 is 38.3. The number of hydrogen-bond donors (Lipinski definition) is 0. The highest BCUT2D eigenvalue weighted by Gasteiger charge is 2.39. The maximum Gasteiger partial charge on any atom is 0.454 e. The van der Waals surface area contributed by atoms with Crippen molar-refractivity contribution in [2.45, 2.75) is 19.1 Å². The second kappa shape index (κ2) is 5.26. The van der Waals surface area contributed by atoms with E-state index in [0.717, 1.165) is 5.56 Å². The first kappa shape index (κ1) is 13.3. The predicted molar refractivity (Wildman–Crippen MR) is 62.8 cm³/mol. The molecule has 2 heterocycles. The molecule has 0 aliphatic carbocycles. The first-order chi connectivity index (χ1) is 8.97. The van der Waals surface area contributed by atoms with Gasteiger partial charge in [0, 0.05) is 36.9 Å². The average molecular weight is 268 g/mol. The van der Waals surface area contributed by atoms with Crippen LogP contribution >= 0.6 is 0 Å². The summed E-state index contributed by atoms with van der Waals surface area (Å²) in [5.74, 6) is -1.81. The van der Waals surface area contributed by atoms with Crippen LogP contribution < -0.4 is 0 Å². The third-order valence-corrected chi connectivity index (χ3v) is 2.68. The minimum Gasteiger partial charge on any atom is -0.353 e. The van der Waals surface area contributed by atoms with Crippen LogP contribution in [0.1, 0.15) is 15.9 Å². The van der Waals surface area contributed by atoms with Crippen LogP contribution in [0.3, 0.4) is 0 Å². The Morgan fingerprint density at radius 1 is 1.21 bits per heavy atom. The lowest BCUT2D eigenvalue weighted by Crippen LogP contribution is -2.22. The number of aryl methyl sites for hydroxylation is 2. The van der Waals surface area contributed by atoms with Crippen LogP contribution in [0.15, 0.2) is 43.0 Å². The quantitative estimate of drug-likeness (QED) is 0.799. The van der Waals surface area contributed by atoms with E-state index < -0.39 is 12.0 Å². The summed E-state index contributed by atoms with van der Waals surface area (Å²) in [6, 6.07) is 4.86. The lowest BCUT2D eigenvalue weighted by Gasteiger charge is -2.04. The highest BCUT2D eigenvalue weighted by atomic mass is 19.4. The molecule has 2 aromatic rings. The Labute approximate surface area is 107 Å². The molecule has 0 aliphatic rings. The molecule has 100 valence electrons. The van der Waals surface area contributed by atoms with Crippen molar-refractivity contribution in [3.63, 3.8) is 0 Å². The molecule has 0 fully saturated rings. The van der Waals surface area contributed by atoms with Gasteiger partial charge in [0.05, 0.1) is 0 Å². The van der Waals surface area contributed by atoms with E-state index in [1.807, 2.05) is 12.1 Å². The minimum absolute atomic E-state index is 0.331. The number of carbonyl (C=O) groups excluding carboxylic acids is 1. The molecule has 0 aromatic carbocycles. The van der Waals surface area contributed by atoms with Crippen molar-refractivity contribution in [1.29, 1.82) is 0 Å². The van der Waals surface area contributed by atoms with Crippen molar-refractivity contribution in [1.82, 2.24) is 9.55 Å². The van der Waals surface area contributed by atoms with Gasteiger partial charge in [-0.1, -0.05) is 0 Å². The maximum atomic E-state index is 12.2. The van der Waals surface area contributed by atoms with Gasteiger partial charge in [-0.15, -0.1) is 0 Å². The SMILES string of the molecule is O=C(c1ccn(CCc2ccncc2)c1)C(F)(F)F. The number of halogens is 3. The van der Waals surface area contributed by atoms with Gasteiger partial charge in [0.25, 0.3) is 5.78 Å². The summed E-state index contributed by atoms with van der Waals surface area (Å²) in [4.78, 5) is 14.9. The number of pyridine rings is 1. The zero-order valence-corrected chi connectivity index (χ0v) is 9.89. The van der Waals surface area contributed by atoms with Gasteiger partial charge in [-0.25, -0.2) is 0 Å². The number of carbonyl (C=O) groups is 1. The Morgan fingerprint density at radius 2 is 1.89 bits per heavy atom. The lowest BCUT2D eigenvalue weighted by molar-refractivity contribution is -0.0885. The molecular weight excluding hydrogens is 257 g/mol. The second-order valence-corrected chi connectivity index (χ2v) is 4.07. The summed E-state index contributed by atoms with van der Waals surface area (Å²) in [5.41, 5.74) is 0.703. The predicted octanol–water partition coefficient (Wildman–Crippen LogP) is 2.87. The highest BCUT2D eigenvalue weighted by molar-refractivity contribution is 6.00. The van der Waals surface area contributed by atoms with Gasteiger partial charge >= 0.3 is 6.18 Å². The molecular formula is C13H11F3N2O. The summed E-state index contributed by atoms with van der Waals surface area (Å²) in [7, 11) is 0. The van der Waals surface area contributed by atoms with E-state index in [4.69, 9.17) is 0 Å². The van der Waals surface area contributed by atoms with Gasteiger partial charge in [0.1, 0.15) is 0 Å². The number of rotatable bonds is 4. The Balaban J connectivity index is 2.00. The Kier molecular flexibility index (Phi) is 3.69. The third kappa shape index (κ3) is 3.43. The fraction of sp³-hybridized carbons (Fsp3) is 0.231. The van der Waals surface area contributed by atoms with Crippen LogP contribution in [0.5, 0.6) is 0 Å². The van der Waals surface area contributed by atoms with Crippen LogP contribution in [0.25, 0.3) is 0 Å². The number of ketones is 1. The van der Waals surface area contributed by atoms with E-state index >= 15 is 0 Å². The van der Waals surface area contributed by atoms with Gasteiger partial charge in [0.2, 0.25) is 0 Å². The van der Waals surface area contributed by atoms with Crippen molar-refractivity contribution in [2.75, 3.05) is 0 Å². The molecule has 0 saturated heterocycles. The largest absolute Gasteiger partial charge is 0.454 e. The van der Waals surface area contributed by atoms with Crippen molar-refractivity contribution in [2.24, 2.45) is 0 Å². The Hall–Kier alpha value is -2.11. The van der Waals surface area contributed by atoms with Crippen molar-refractivity contribution in [3.05, 3.63) is 54.1 Å². The van der Waals surface area contributed by atoms with Crippen molar-refractivity contribution >= 4 is 5.78 Å². The standard InChI is InChI=1S/C13H11F3N2O/c14-13(15,16)12(19)11-4-8-18(9-11)7-3-10-1-5-17-6-2-10/h1-2,4-6,8-9H,3,7H2. The molecule has 0 amide bonds. The molecule has 0 atom stereocenters. The Morgan fingerprint density at radius 3 is 2.53 bits per heavy atom. The van der Waals surface area contributed by atoms with E-state index in [2.05, 4.69) is 4.98 Å². The van der Waals surface area contributed by atoms with Crippen LogP contribution in [0, 0.1) is 0 Å². The fourth-order valence-electron chi connectivity index (χ4n) is 1.69. The zero-order chi connectivity index (χ0) is 13.9. The van der Waals surface area contributed by atoms with Crippen LogP contribution in [0.2, 0.25) is 0 Å². The number of nitrogens with zero attached hydrogens (tertiary/aromatic N) is 2. The smallest absolute Gasteiger partial charge is 0.353 e. The molecule has 0 saturated carbocycles. The third-order valence-electron chi connectivity index (χ3n) is 2.68. The van der Waals surface area contributed by atoms with Crippen molar-refractivity contribution < 1.29 is 18.0 Å². The minimum atomic E-state index is -4.82. The zero-order valence-electron chi connectivity index (χ0n) is 9.89. The van der Waals surface area contributed by atoms with Crippen molar-refractivity contribution in [3.8, 4) is 0 Å². The molecule has 6 heteroatoms. The van der Waals surface area contributed by atoms with Gasteiger partial charge in [0.15, 0.2) is 0 Å². The van der Waals surface area contributed by atoms with E-state index in [1.165, 1.54) is 18.5 Å². The summed E-state index contributed by atoms with van der Waals surface area (Å²) >= 11 is 0. The van der Waals surface area contributed by atoms with Crippen LogP contribution in [0.4, 0.5) is 13.2 Å². The average Bonchev–Trinajstić information content (AvgIpc) is 2.84. The first-order valence-corrected chi connectivity index (χ1v) is 5.63. The first-order valence-electron chi connectivity index (χ1n) is 5.63. The lowest BCUT2D eigenvalue weighted by atomic mass is 10.2. The molecule has 0 bridgehead atoms. The van der Waals surface area contributed by atoms with Gasteiger partial charge < -0.3 is 4.57 Å². The van der Waals surface area contributed by atoms with Crippen LogP contribution in [-0.4, -0.2) is 21.5 Å². The molecule has 0 spiro atoms. The fourth-order valence-corrected chi connectivity index (χ4v) is 1.69. The molecule has 2 rings (SSSR count). The maximum absolute atomic E-state index is 12.2. The molecule has 0 radical (unpaired) electrons. The summed E-state index contributed by atoms with van der Waals surface area (Å²) in [5, 5.41) is 0. The number of alkyl halides is 3. The van der Waals surface area contributed by atoms with Gasteiger partial charge in [-0.3, -0.25) is 9.78 Å². The molecule has 19 heavy (non-hydrogen) atoms. The topological polar surface area (TPSA) is 34.9 Å². The number of hydrogen-bond acceptors (Lipinski definition) is 2. The number of Topliss-reactive ketones (excluding diaryl/α,β-unsaturated/α-hetero) is 1. The normalized spacial score (nSPS) is 11.5. The molecule has 0 aliphatic heterocycles. The van der Waals surface area contributed by atoms with Gasteiger partial charge in [-0.2, -0.15) is 13.2 Å². The summed E-state index contributed by atoms with van der Waals surface area (Å²) in [6.07, 6.45) is 1.85. The van der Waals surface area contributed by atoms with Gasteiger partial charge in [-0.05, 0) is 30.2 Å². The molecule has 0 unspecified atom stereocenters. The monoisotopic (exact) mass is 268 g/mol. The molecule has 2 aromatic heterocycles. The van der Waals surface area contributed by atoms with E-state index in [9.17, 15) is 18.0 Å². The van der Waals surface area contributed by atoms with E-state index in [0.29, 0.717) is 13.0 Å². The van der Waals surface area contributed by atoms with Crippen LogP contribution in [-0.2, 0) is 13.0 Å². The molecule has 0 N–H and O–H groups in total. The highest BCUT2D eigenvalue weighted by Crippen LogP contribution is 2.21. The second-order valence-electron chi connectivity index (χ2n) is 4.07. The number of aromatic nitrogens is 2. The van der Waals surface area contributed by atoms with E-state index in [-0.39, 0.29) is 5.56 Å². The summed E-state index contributed by atoms with van der Waals surface area (Å²) in [6.45, 7) is 0.509.